The van der Waals surface area contributed by atoms with Crippen LogP contribution in [0.15, 0.2) is 102 Å². The van der Waals surface area contributed by atoms with Crippen LogP contribution in [0.2, 0.25) is 9.26 Å². The molecule has 6 rings (SSSR count). The summed E-state index contributed by atoms with van der Waals surface area (Å²) in [4.78, 5) is 0. The molecule has 0 saturated carbocycles. The van der Waals surface area contributed by atoms with Gasteiger partial charge in [0.05, 0.1) is 0 Å². The van der Waals surface area contributed by atoms with Crippen molar-refractivity contribution in [2.75, 3.05) is 0 Å². The van der Waals surface area contributed by atoms with Gasteiger partial charge in [-0.25, -0.2) is 0 Å². The van der Waals surface area contributed by atoms with Crippen molar-refractivity contribution in [3.8, 4) is 22.3 Å². The zero-order valence-electron chi connectivity index (χ0n) is 25.7. The molecule has 4 aromatic rings. The van der Waals surface area contributed by atoms with Crippen LogP contribution in [0, 0.1) is 5.92 Å². The normalized spacial score (nSPS) is 18.2. The first kappa shape index (κ1) is 28.6. The quantitative estimate of drug-likeness (QED) is 0.178. The van der Waals surface area contributed by atoms with Gasteiger partial charge in [0, 0.05) is 0 Å². The predicted molar refractivity (Wildman–Crippen MR) is 180 cm³/mol. The Morgan fingerprint density at radius 3 is 1.90 bits per heavy atom. The summed E-state index contributed by atoms with van der Waals surface area (Å²) >= 11 is -3.67. The summed E-state index contributed by atoms with van der Waals surface area (Å²) in [7, 11) is 0. The fraction of sp³-hybridized carbons (Fsp3) is 0.282. The van der Waals surface area contributed by atoms with Gasteiger partial charge in [-0.05, 0) is 0 Å². The summed E-state index contributed by atoms with van der Waals surface area (Å²) in [6.07, 6.45) is 7.50. The average molecular weight is 632 g/mol. The molecule has 2 heteroatoms. The third kappa shape index (κ3) is 4.76. The van der Waals surface area contributed by atoms with Gasteiger partial charge in [0.1, 0.15) is 0 Å². The van der Waals surface area contributed by atoms with E-state index in [1.807, 2.05) is 0 Å². The molecular formula is C39H44SiZr. The van der Waals surface area contributed by atoms with Crippen molar-refractivity contribution in [2.45, 2.75) is 57.1 Å². The molecule has 0 saturated heterocycles. The molecule has 0 spiro atoms. The van der Waals surface area contributed by atoms with Crippen molar-refractivity contribution < 1.29 is 17.4 Å². The second kappa shape index (κ2) is 10.6. The maximum absolute atomic E-state index is 3.67. The molecule has 0 fully saturated rings. The minimum atomic E-state index is -3.67. The molecule has 4 aromatic carbocycles. The van der Waals surface area contributed by atoms with Gasteiger partial charge in [-0.1, -0.05) is 0 Å². The van der Waals surface area contributed by atoms with Crippen LogP contribution in [-0.4, -0.2) is 6.88 Å². The molecule has 0 bridgehead atoms. The second-order valence-electron chi connectivity index (χ2n) is 13.9. The summed E-state index contributed by atoms with van der Waals surface area (Å²) in [5, 5.41) is 0. The van der Waals surface area contributed by atoms with E-state index in [1.165, 1.54) is 39.8 Å². The molecule has 208 valence electrons. The van der Waals surface area contributed by atoms with Crippen LogP contribution in [0.25, 0.3) is 34.4 Å². The van der Waals surface area contributed by atoms with Gasteiger partial charge in [-0.15, -0.1) is 0 Å². The molecule has 0 aliphatic heterocycles. The van der Waals surface area contributed by atoms with E-state index in [-0.39, 0.29) is 0 Å². The molecular weight excluding hydrogens is 588 g/mol. The number of fused-ring (bicyclic) bond motifs is 2. The fourth-order valence-electron chi connectivity index (χ4n) is 8.31. The summed E-state index contributed by atoms with van der Waals surface area (Å²) in [5.74, 6) is 0.518. The number of benzene rings is 4. The first-order chi connectivity index (χ1) is 19.6. The van der Waals surface area contributed by atoms with Gasteiger partial charge in [0.25, 0.3) is 0 Å². The Hall–Kier alpha value is -2.54. The fourth-order valence-corrected chi connectivity index (χ4v) is 28.8. The summed E-state index contributed by atoms with van der Waals surface area (Å²) in [6.45, 7) is 12.1. The third-order valence-corrected chi connectivity index (χ3v) is 27.4. The van der Waals surface area contributed by atoms with Crippen LogP contribution in [0.5, 0.6) is 0 Å². The molecule has 0 amide bonds. The van der Waals surface area contributed by atoms with Crippen LogP contribution in [0.3, 0.4) is 0 Å². The molecule has 0 heterocycles. The van der Waals surface area contributed by atoms with Crippen LogP contribution in [0.1, 0.15) is 69.2 Å². The zero-order chi connectivity index (χ0) is 29.0. The molecule has 2 atom stereocenters. The molecule has 0 nitrogen and oxygen atoms in total. The monoisotopic (exact) mass is 630 g/mol. The zero-order valence-corrected chi connectivity index (χ0v) is 29.5. The number of rotatable bonds is 7. The third-order valence-electron chi connectivity index (χ3n) is 9.84. The van der Waals surface area contributed by atoms with Gasteiger partial charge in [0.2, 0.25) is 0 Å². The molecule has 2 unspecified atom stereocenters. The minimum absolute atomic E-state index is 0.518. The van der Waals surface area contributed by atoms with Crippen LogP contribution in [-0.2, 0) is 23.8 Å². The van der Waals surface area contributed by atoms with E-state index in [0.29, 0.717) is 13.2 Å². The van der Waals surface area contributed by atoms with Gasteiger partial charge < -0.3 is 0 Å². The SMILES string of the molecule is CCCc1ccc(-c2ccccc2)c2c1[CH]([Zr]([CH3])([CH3])(=[SiH2])[CH]1C(C(C)C)=Cc3c(-c4ccccc4)cccc31)C(C)=C2. The van der Waals surface area contributed by atoms with E-state index < -0.39 is 17.4 Å². The molecule has 0 radical (unpaired) electrons. The standard InChI is InChI=1S/C19H19.C18H17.2CH3.H2Si.Zr/c1-3-7-15-10-11-17(16-8-5-4-6-9-16)19-13-14(2)12-18(15)19;1-13(2)16-11-15-9-6-10-17(18(15)12-16)14-7-4-3-5-8-14;;;;/h4-6,8-13H,3,7H2,1-2H3;3-13H,1-2H3;2*1H3;1H2;. The second-order valence-corrected chi connectivity index (χ2v) is 44.4. The summed E-state index contributed by atoms with van der Waals surface area (Å²) in [6, 6.07) is 34.0. The van der Waals surface area contributed by atoms with Crippen molar-refractivity contribution in [1.82, 2.24) is 0 Å². The van der Waals surface area contributed by atoms with Gasteiger partial charge in [0.15, 0.2) is 0 Å². The number of aryl methyl sites for hydroxylation is 1. The molecule has 41 heavy (non-hydrogen) atoms. The maximum atomic E-state index is 2.78. The number of hydrogen-bond donors (Lipinski definition) is 0. The van der Waals surface area contributed by atoms with Gasteiger partial charge in [-0.3, -0.25) is 0 Å². The molecule has 0 N–H and O–H groups in total. The summed E-state index contributed by atoms with van der Waals surface area (Å²) < 4.78 is 6.64. The van der Waals surface area contributed by atoms with Crippen LogP contribution >= 0.6 is 0 Å². The average Bonchev–Trinajstić information content (AvgIpc) is 3.54. The Balaban J connectivity index is 1.58. The Morgan fingerprint density at radius 2 is 1.32 bits per heavy atom. The van der Waals surface area contributed by atoms with E-state index in [9.17, 15) is 0 Å². The Kier molecular flexibility index (Phi) is 7.40. The molecule has 2 aliphatic rings. The molecule has 0 aromatic heterocycles. The van der Waals surface area contributed by atoms with Gasteiger partial charge in [-0.2, -0.15) is 0 Å². The Labute approximate surface area is 250 Å². The van der Waals surface area contributed by atoms with E-state index in [0.717, 1.165) is 6.42 Å². The van der Waals surface area contributed by atoms with Crippen LogP contribution in [0.4, 0.5) is 0 Å². The van der Waals surface area contributed by atoms with Crippen molar-refractivity contribution in [3.05, 3.63) is 130 Å². The Bertz CT molecular complexity index is 1750. The van der Waals surface area contributed by atoms with Crippen molar-refractivity contribution in [2.24, 2.45) is 5.92 Å². The topological polar surface area (TPSA) is 0 Å². The number of hydrogen-bond acceptors (Lipinski definition) is 0. The predicted octanol–water partition coefficient (Wildman–Crippen LogP) is 10.6. The van der Waals surface area contributed by atoms with E-state index >= 15 is 0 Å². The van der Waals surface area contributed by atoms with E-state index in [2.05, 4.69) is 147 Å². The first-order valence-corrected chi connectivity index (χ1v) is 29.1. The first-order valence-electron chi connectivity index (χ1n) is 15.5. The van der Waals surface area contributed by atoms with Crippen LogP contribution < -0.4 is 0 Å². The molecule has 2 aliphatic carbocycles. The van der Waals surface area contributed by atoms with E-state index in [1.54, 1.807) is 27.8 Å². The van der Waals surface area contributed by atoms with E-state index in [4.69, 9.17) is 0 Å². The van der Waals surface area contributed by atoms with Gasteiger partial charge >= 0.3 is 252 Å². The summed E-state index contributed by atoms with van der Waals surface area (Å²) in [5.41, 5.74) is 16.5. The van der Waals surface area contributed by atoms with Crippen molar-refractivity contribution in [3.63, 3.8) is 0 Å². The van der Waals surface area contributed by atoms with Crippen molar-refractivity contribution in [1.29, 1.82) is 0 Å². The number of allylic oxidation sites excluding steroid dienone is 2. The van der Waals surface area contributed by atoms with Crippen molar-refractivity contribution >= 4 is 19.0 Å². The Morgan fingerprint density at radius 1 is 0.707 bits per heavy atom.